The highest BCUT2D eigenvalue weighted by molar-refractivity contribution is 5.84. The number of carboxylic acids is 1. The van der Waals surface area contributed by atoms with E-state index in [1.54, 1.807) is 0 Å². The molecule has 1 fully saturated rings. The first kappa shape index (κ1) is 22.8. The summed E-state index contributed by atoms with van der Waals surface area (Å²) in [5.41, 5.74) is 3.69. The number of alkyl carbamates (subject to hydrolysis) is 1. The SMILES string of the molecule is CC(NC(=O)CC1(NC(=O)OCC2c3ccccc3-c3ccccc32)CCOCC1)C(=O)O. The van der Waals surface area contributed by atoms with Crippen molar-refractivity contribution >= 4 is 18.0 Å². The number of hydrogen-bond donors (Lipinski definition) is 3. The van der Waals surface area contributed by atoms with Gasteiger partial charge in [-0.1, -0.05) is 48.5 Å². The number of aliphatic carboxylic acids is 1. The van der Waals surface area contributed by atoms with Gasteiger partial charge in [-0.05, 0) is 42.0 Å². The number of fused-ring (bicyclic) bond motifs is 3. The molecule has 1 saturated heterocycles. The van der Waals surface area contributed by atoms with E-state index in [0.29, 0.717) is 26.1 Å². The van der Waals surface area contributed by atoms with Crippen molar-refractivity contribution in [3.63, 3.8) is 0 Å². The van der Waals surface area contributed by atoms with E-state index < -0.39 is 29.6 Å². The number of carboxylic acid groups (broad SMARTS) is 1. The number of hydrogen-bond acceptors (Lipinski definition) is 5. The second-order valence-corrected chi connectivity index (χ2v) is 8.65. The first-order valence-corrected chi connectivity index (χ1v) is 11.1. The minimum absolute atomic E-state index is 0.0435. The van der Waals surface area contributed by atoms with E-state index in [1.807, 2.05) is 24.3 Å². The quantitative estimate of drug-likeness (QED) is 0.595. The minimum atomic E-state index is -1.12. The first-order chi connectivity index (χ1) is 15.9. The highest BCUT2D eigenvalue weighted by Crippen LogP contribution is 2.44. The van der Waals surface area contributed by atoms with Gasteiger partial charge in [0, 0.05) is 19.1 Å². The predicted octanol–water partition coefficient (Wildman–Crippen LogP) is 3.05. The molecule has 0 bridgehead atoms. The van der Waals surface area contributed by atoms with Gasteiger partial charge in [0.05, 0.1) is 12.0 Å². The Kier molecular flexibility index (Phi) is 6.65. The average Bonchev–Trinajstić information content (AvgIpc) is 3.11. The highest BCUT2D eigenvalue weighted by atomic mass is 16.5. The lowest BCUT2D eigenvalue weighted by molar-refractivity contribution is -0.141. The fraction of sp³-hybridized carbons (Fsp3) is 0.400. The van der Waals surface area contributed by atoms with E-state index in [4.69, 9.17) is 14.6 Å². The van der Waals surface area contributed by atoms with Gasteiger partial charge < -0.3 is 25.2 Å². The van der Waals surface area contributed by atoms with Crippen LogP contribution >= 0.6 is 0 Å². The molecule has 0 spiro atoms. The third-order valence-electron chi connectivity index (χ3n) is 6.41. The van der Waals surface area contributed by atoms with Crippen LogP contribution in [0, 0.1) is 0 Å². The molecule has 1 unspecified atom stereocenters. The third kappa shape index (κ3) is 5.01. The molecule has 1 aliphatic heterocycles. The molecule has 1 atom stereocenters. The molecule has 1 aliphatic carbocycles. The number of carbonyl (C=O) groups excluding carboxylic acids is 2. The maximum Gasteiger partial charge on any atom is 0.407 e. The summed E-state index contributed by atoms with van der Waals surface area (Å²) in [7, 11) is 0. The lowest BCUT2D eigenvalue weighted by Crippen LogP contribution is -2.55. The number of carbonyl (C=O) groups is 3. The van der Waals surface area contributed by atoms with Crippen molar-refractivity contribution in [1.82, 2.24) is 10.6 Å². The summed E-state index contributed by atoms with van der Waals surface area (Å²) >= 11 is 0. The van der Waals surface area contributed by atoms with Crippen molar-refractivity contribution in [1.29, 1.82) is 0 Å². The van der Waals surface area contributed by atoms with Crippen LogP contribution in [0.5, 0.6) is 0 Å². The van der Waals surface area contributed by atoms with Gasteiger partial charge in [0.2, 0.25) is 5.91 Å². The summed E-state index contributed by atoms with van der Waals surface area (Å²) in [6, 6.07) is 15.2. The fourth-order valence-electron chi connectivity index (χ4n) is 4.62. The molecule has 174 valence electrons. The Labute approximate surface area is 192 Å². The summed E-state index contributed by atoms with van der Waals surface area (Å²) < 4.78 is 11.1. The van der Waals surface area contributed by atoms with Gasteiger partial charge in [-0.3, -0.25) is 9.59 Å². The molecule has 0 aromatic heterocycles. The predicted molar refractivity (Wildman–Crippen MR) is 121 cm³/mol. The van der Waals surface area contributed by atoms with E-state index in [2.05, 4.69) is 34.9 Å². The van der Waals surface area contributed by atoms with Crippen molar-refractivity contribution in [3.8, 4) is 11.1 Å². The van der Waals surface area contributed by atoms with Gasteiger partial charge in [-0.25, -0.2) is 4.79 Å². The zero-order valence-corrected chi connectivity index (χ0v) is 18.5. The Morgan fingerprint density at radius 1 is 1.06 bits per heavy atom. The van der Waals surface area contributed by atoms with Crippen LogP contribution in [0.1, 0.15) is 43.2 Å². The molecule has 2 aliphatic rings. The van der Waals surface area contributed by atoms with Crippen LogP contribution < -0.4 is 10.6 Å². The van der Waals surface area contributed by atoms with Crippen LogP contribution in [0.25, 0.3) is 11.1 Å². The van der Waals surface area contributed by atoms with E-state index in [9.17, 15) is 14.4 Å². The lowest BCUT2D eigenvalue weighted by atomic mass is 9.86. The van der Waals surface area contributed by atoms with Crippen LogP contribution in [0.15, 0.2) is 48.5 Å². The minimum Gasteiger partial charge on any atom is -0.480 e. The summed E-state index contributed by atoms with van der Waals surface area (Å²) in [5, 5.41) is 14.4. The number of rotatable bonds is 7. The van der Waals surface area contributed by atoms with Crippen molar-refractivity contribution in [3.05, 3.63) is 59.7 Å². The van der Waals surface area contributed by atoms with Gasteiger partial charge in [-0.15, -0.1) is 0 Å². The Bertz CT molecular complexity index is 1000. The molecule has 3 N–H and O–H groups in total. The van der Waals surface area contributed by atoms with Crippen molar-refractivity contribution < 1.29 is 29.0 Å². The fourth-order valence-corrected chi connectivity index (χ4v) is 4.62. The maximum atomic E-state index is 12.8. The largest absolute Gasteiger partial charge is 0.480 e. The lowest BCUT2D eigenvalue weighted by Gasteiger charge is -2.37. The standard InChI is InChI=1S/C25H28N2O6/c1-16(23(29)30)26-22(28)14-25(10-12-32-13-11-25)27-24(31)33-15-21-19-8-4-2-6-17(19)18-7-3-5-9-20(18)21/h2-9,16,21H,10-15H2,1H3,(H,26,28)(H,27,31)(H,29,30). The van der Waals surface area contributed by atoms with Crippen LogP contribution in [0.4, 0.5) is 4.79 Å². The van der Waals surface area contributed by atoms with Crippen LogP contribution in [-0.4, -0.2) is 54.5 Å². The molecule has 0 radical (unpaired) electrons. The highest BCUT2D eigenvalue weighted by Gasteiger charge is 2.38. The molecule has 2 aromatic carbocycles. The van der Waals surface area contributed by atoms with Gasteiger partial charge in [0.15, 0.2) is 0 Å². The number of nitrogens with one attached hydrogen (secondary N) is 2. The molecule has 1 heterocycles. The van der Waals surface area contributed by atoms with Gasteiger partial charge in [0.25, 0.3) is 0 Å². The second kappa shape index (κ2) is 9.62. The smallest absolute Gasteiger partial charge is 0.407 e. The normalized spacial score (nSPS) is 17.4. The maximum absolute atomic E-state index is 12.8. The summed E-state index contributed by atoms with van der Waals surface area (Å²) in [6.07, 6.45) is 0.230. The number of ether oxygens (including phenoxy) is 2. The topological polar surface area (TPSA) is 114 Å². The monoisotopic (exact) mass is 452 g/mol. The molecular formula is C25H28N2O6. The molecule has 4 rings (SSSR count). The van der Waals surface area contributed by atoms with E-state index in [0.717, 1.165) is 22.3 Å². The molecule has 33 heavy (non-hydrogen) atoms. The molecule has 8 nitrogen and oxygen atoms in total. The molecular weight excluding hydrogens is 424 g/mol. The zero-order chi connectivity index (χ0) is 23.4. The van der Waals surface area contributed by atoms with E-state index in [-0.39, 0.29) is 18.9 Å². The van der Waals surface area contributed by atoms with Gasteiger partial charge in [0.1, 0.15) is 12.6 Å². The number of benzene rings is 2. The Hall–Kier alpha value is -3.39. The van der Waals surface area contributed by atoms with E-state index in [1.165, 1.54) is 6.92 Å². The van der Waals surface area contributed by atoms with E-state index >= 15 is 0 Å². The van der Waals surface area contributed by atoms with Crippen molar-refractivity contribution in [2.75, 3.05) is 19.8 Å². The molecule has 2 amide bonds. The van der Waals surface area contributed by atoms with Crippen LogP contribution in [0.2, 0.25) is 0 Å². The molecule has 8 heteroatoms. The van der Waals surface area contributed by atoms with Gasteiger partial charge in [-0.2, -0.15) is 0 Å². The average molecular weight is 453 g/mol. The second-order valence-electron chi connectivity index (χ2n) is 8.65. The van der Waals surface area contributed by atoms with Crippen LogP contribution in [0.3, 0.4) is 0 Å². The first-order valence-electron chi connectivity index (χ1n) is 11.1. The van der Waals surface area contributed by atoms with Crippen LogP contribution in [-0.2, 0) is 19.1 Å². The van der Waals surface area contributed by atoms with Crippen molar-refractivity contribution in [2.24, 2.45) is 0 Å². The summed E-state index contributed by atoms with van der Waals surface area (Å²) in [4.78, 5) is 36.3. The Balaban J connectivity index is 1.42. The Morgan fingerprint density at radius 2 is 1.64 bits per heavy atom. The Morgan fingerprint density at radius 3 is 2.21 bits per heavy atom. The zero-order valence-electron chi connectivity index (χ0n) is 18.5. The summed E-state index contributed by atoms with van der Waals surface area (Å²) in [6.45, 7) is 2.36. The third-order valence-corrected chi connectivity index (χ3v) is 6.41. The molecule has 0 saturated carbocycles. The summed E-state index contributed by atoms with van der Waals surface area (Å²) in [5.74, 6) is -1.62. The van der Waals surface area contributed by atoms with Crippen molar-refractivity contribution in [2.45, 2.75) is 43.7 Å². The number of amides is 2. The molecule has 2 aromatic rings. The van der Waals surface area contributed by atoms with Gasteiger partial charge >= 0.3 is 12.1 Å².